The quantitative estimate of drug-likeness (QED) is 0.904. The van der Waals surface area contributed by atoms with Gasteiger partial charge in [0, 0.05) is 5.69 Å². The summed E-state index contributed by atoms with van der Waals surface area (Å²) in [5.74, 6) is -0.128. The second-order valence-corrected chi connectivity index (χ2v) is 5.62. The summed E-state index contributed by atoms with van der Waals surface area (Å²) >= 11 is 0. The normalized spacial score (nSPS) is 14.5. The van der Waals surface area contributed by atoms with Crippen molar-refractivity contribution in [1.29, 1.82) is 0 Å². The van der Waals surface area contributed by atoms with Gasteiger partial charge in [-0.2, -0.15) is 0 Å². The number of rotatable bonds is 4. The number of benzene rings is 2. The van der Waals surface area contributed by atoms with Crippen molar-refractivity contribution >= 4 is 11.6 Å². The Morgan fingerprint density at radius 2 is 1.86 bits per heavy atom. The van der Waals surface area contributed by atoms with Crippen molar-refractivity contribution < 1.29 is 4.79 Å². The average Bonchev–Trinajstić information content (AvgIpc) is 2.95. The number of carbonyl (C=O) groups is 1. The maximum Gasteiger partial charge on any atom is 0.241 e. The molecule has 1 aliphatic rings. The molecule has 3 N–H and O–H groups in total. The average molecular weight is 280 g/mol. The third-order valence-electron chi connectivity index (χ3n) is 4.00. The Labute approximate surface area is 125 Å². The lowest BCUT2D eigenvalue weighted by Gasteiger charge is -2.13. The molecule has 0 spiro atoms. The molecule has 0 heterocycles. The molecule has 2 aromatic rings. The van der Waals surface area contributed by atoms with Gasteiger partial charge in [-0.3, -0.25) is 4.79 Å². The van der Waals surface area contributed by atoms with Crippen molar-refractivity contribution in [1.82, 2.24) is 0 Å². The molecule has 1 amide bonds. The highest BCUT2D eigenvalue weighted by atomic mass is 16.2. The van der Waals surface area contributed by atoms with Crippen molar-refractivity contribution in [3.05, 3.63) is 65.2 Å². The number of amides is 1. The van der Waals surface area contributed by atoms with Crippen molar-refractivity contribution in [3.8, 4) is 0 Å². The molecule has 0 fully saturated rings. The summed E-state index contributed by atoms with van der Waals surface area (Å²) in [6.07, 6.45) is 4.02. The first-order chi connectivity index (χ1) is 10.2. The monoisotopic (exact) mass is 280 g/mol. The second kappa shape index (κ2) is 6.10. The fourth-order valence-electron chi connectivity index (χ4n) is 2.85. The summed E-state index contributed by atoms with van der Waals surface area (Å²) in [5, 5.41) is 2.93. The molecule has 3 nitrogen and oxygen atoms in total. The summed E-state index contributed by atoms with van der Waals surface area (Å²) in [6.45, 7) is 0. The van der Waals surface area contributed by atoms with Gasteiger partial charge in [-0.1, -0.05) is 36.4 Å². The molecule has 1 atom stereocenters. The van der Waals surface area contributed by atoms with E-state index in [-0.39, 0.29) is 5.91 Å². The predicted octanol–water partition coefficient (Wildman–Crippen LogP) is 2.68. The minimum absolute atomic E-state index is 0.128. The lowest BCUT2D eigenvalue weighted by Crippen LogP contribution is -2.37. The largest absolute Gasteiger partial charge is 0.325 e. The first-order valence-electron chi connectivity index (χ1n) is 7.44. The number of nitrogens with one attached hydrogen (secondary N) is 1. The SMILES string of the molecule is N[C@H](Cc1ccccc1)C(=O)Nc1ccc2c(c1)CCC2. The zero-order valence-corrected chi connectivity index (χ0v) is 12.0. The van der Waals surface area contributed by atoms with Crippen LogP contribution in [-0.2, 0) is 24.1 Å². The van der Waals surface area contributed by atoms with Crippen molar-refractivity contribution in [2.75, 3.05) is 5.32 Å². The van der Waals surface area contributed by atoms with E-state index < -0.39 is 6.04 Å². The van der Waals surface area contributed by atoms with Crippen LogP contribution in [0.3, 0.4) is 0 Å². The van der Waals surface area contributed by atoms with E-state index in [9.17, 15) is 4.79 Å². The first-order valence-corrected chi connectivity index (χ1v) is 7.44. The summed E-state index contributed by atoms with van der Waals surface area (Å²) in [7, 11) is 0. The van der Waals surface area contributed by atoms with E-state index in [1.807, 2.05) is 36.4 Å². The van der Waals surface area contributed by atoms with Crippen LogP contribution in [0.15, 0.2) is 48.5 Å². The summed E-state index contributed by atoms with van der Waals surface area (Å²) in [4.78, 5) is 12.2. The molecule has 2 aromatic carbocycles. The number of nitrogens with two attached hydrogens (primary N) is 1. The molecule has 0 bridgehead atoms. The number of anilines is 1. The topological polar surface area (TPSA) is 55.1 Å². The van der Waals surface area contributed by atoms with Gasteiger partial charge in [0.25, 0.3) is 0 Å². The van der Waals surface area contributed by atoms with Crippen LogP contribution in [0.5, 0.6) is 0 Å². The number of hydrogen-bond acceptors (Lipinski definition) is 2. The number of aryl methyl sites for hydroxylation is 2. The Balaban J connectivity index is 1.63. The van der Waals surface area contributed by atoms with E-state index in [0.29, 0.717) is 6.42 Å². The van der Waals surface area contributed by atoms with Crippen molar-refractivity contribution in [2.45, 2.75) is 31.7 Å². The highest BCUT2D eigenvalue weighted by molar-refractivity contribution is 5.95. The summed E-state index contributed by atoms with van der Waals surface area (Å²) in [5.41, 5.74) is 10.7. The zero-order valence-electron chi connectivity index (χ0n) is 12.0. The van der Waals surface area contributed by atoms with Crippen molar-refractivity contribution in [2.24, 2.45) is 5.73 Å². The van der Waals surface area contributed by atoms with Crippen LogP contribution in [0, 0.1) is 0 Å². The number of fused-ring (bicyclic) bond motifs is 1. The van der Waals surface area contributed by atoms with Gasteiger partial charge in [0.2, 0.25) is 5.91 Å². The van der Waals surface area contributed by atoms with Crippen LogP contribution < -0.4 is 11.1 Å². The molecule has 0 saturated heterocycles. The molecule has 0 saturated carbocycles. The lowest BCUT2D eigenvalue weighted by atomic mass is 10.1. The predicted molar refractivity (Wildman–Crippen MR) is 85.2 cm³/mol. The Morgan fingerprint density at radius 1 is 1.10 bits per heavy atom. The highest BCUT2D eigenvalue weighted by Gasteiger charge is 2.16. The van der Waals surface area contributed by atoms with E-state index in [4.69, 9.17) is 5.73 Å². The molecule has 3 heteroatoms. The fraction of sp³-hybridized carbons (Fsp3) is 0.278. The molecule has 3 rings (SSSR count). The molecular formula is C18H20N2O. The van der Waals surface area contributed by atoms with E-state index in [0.717, 1.165) is 24.1 Å². The fourth-order valence-corrected chi connectivity index (χ4v) is 2.85. The van der Waals surface area contributed by atoms with Gasteiger partial charge < -0.3 is 11.1 Å². The van der Waals surface area contributed by atoms with Crippen LogP contribution in [0.25, 0.3) is 0 Å². The first kappa shape index (κ1) is 13.8. The molecular weight excluding hydrogens is 260 g/mol. The Hall–Kier alpha value is -2.13. The molecule has 108 valence electrons. The lowest BCUT2D eigenvalue weighted by molar-refractivity contribution is -0.117. The van der Waals surface area contributed by atoms with Crippen LogP contribution in [0.2, 0.25) is 0 Å². The molecule has 0 radical (unpaired) electrons. The molecule has 0 aromatic heterocycles. The molecule has 21 heavy (non-hydrogen) atoms. The smallest absolute Gasteiger partial charge is 0.241 e. The molecule has 1 aliphatic carbocycles. The van der Waals surface area contributed by atoms with E-state index >= 15 is 0 Å². The van der Waals surface area contributed by atoms with Crippen LogP contribution in [0.4, 0.5) is 5.69 Å². The van der Waals surface area contributed by atoms with Gasteiger partial charge in [0.1, 0.15) is 0 Å². The van der Waals surface area contributed by atoms with Gasteiger partial charge in [-0.15, -0.1) is 0 Å². The Kier molecular flexibility index (Phi) is 4.02. The highest BCUT2D eigenvalue weighted by Crippen LogP contribution is 2.24. The standard InChI is InChI=1S/C18H20N2O/c19-17(11-13-5-2-1-3-6-13)18(21)20-16-10-9-14-7-4-8-15(14)12-16/h1-3,5-6,9-10,12,17H,4,7-8,11,19H2,(H,20,21)/t17-/m1/s1. The maximum absolute atomic E-state index is 12.2. The van der Waals surface area contributed by atoms with E-state index in [1.165, 1.54) is 17.5 Å². The van der Waals surface area contributed by atoms with E-state index in [2.05, 4.69) is 17.4 Å². The van der Waals surface area contributed by atoms with Gasteiger partial charge >= 0.3 is 0 Å². The molecule has 0 aliphatic heterocycles. The summed E-state index contributed by atoms with van der Waals surface area (Å²) in [6, 6.07) is 15.5. The number of hydrogen-bond donors (Lipinski definition) is 2. The summed E-state index contributed by atoms with van der Waals surface area (Å²) < 4.78 is 0. The van der Waals surface area contributed by atoms with Crippen LogP contribution in [-0.4, -0.2) is 11.9 Å². The second-order valence-electron chi connectivity index (χ2n) is 5.62. The van der Waals surface area contributed by atoms with Crippen LogP contribution >= 0.6 is 0 Å². The zero-order chi connectivity index (χ0) is 14.7. The third-order valence-corrected chi connectivity index (χ3v) is 4.00. The van der Waals surface area contributed by atoms with Gasteiger partial charge in [0.15, 0.2) is 0 Å². The Morgan fingerprint density at radius 3 is 2.67 bits per heavy atom. The molecule has 0 unspecified atom stereocenters. The van der Waals surface area contributed by atoms with E-state index in [1.54, 1.807) is 0 Å². The van der Waals surface area contributed by atoms with Gasteiger partial charge in [0.05, 0.1) is 6.04 Å². The number of carbonyl (C=O) groups excluding carboxylic acids is 1. The minimum atomic E-state index is -0.527. The van der Waals surface area contributed by atoms with Crippen molar-refractivity contribution in [3.63, 3.8) is 0 Å². The maximum atomic E-state index is 12.2. The third kappa shape index (κ3) is 3.31. The minimum Gasteiger partial charge on any atom is -0.325 e. The van der Waals surface area contributed by atoms with Gasteiger partial charge in [-0.05, 0) is 54.5 Å². The van der Waals surface area contributed by atoms with Gasteiger partial charge in [-0.25, -0.2) is 0 Å². The Bertz CT molecular complexity index is 637. The van der Waals surface area contributed by atoms with Crippen LogP contribution in [0.1, 0.15) is 23.1 Å².